The summed E-state index contributed by atoms with van der Waals surface area (Å²) in [6, 6.07) is 7.09. The Balaban J connectivity index is 0.00000112. The molecule has 0 bridgehead atoms. The van der Waals surface area contributed by atoms with Gasteiger partial charge in [-0.15, -0.1) is 24.8 Å². The molecule has 0 aliphatic carbocycles. The molecule has 2 N–H and O–H groups in total. The van der Waals surface area contributed by atoms with E-state index in [0.717, 1.165) is 31.6 Å². The molecule has 5 heteroatoms. The number of halogens is 3. The SMILES string of the molecule is Cl.Cl.Fc1ccc(NC2CCNCC2)cc1. The maximum Gasteiger partial charge on any atom is 0.123 e. The minimum atomic E-state index is -0.180. The molecule has 1 aliphatic heterocycles. The van der Waals surface area contributed by atoms with Gasteiger partial charge in [0.05, 0.1) is 0 Å². The van der Waals surface area contributed by atoms with Crippen LogP contribution >= 0.6 is 24.8 Å². The Morgan fingerprint density at radius 1 is 1.06 bits per heavy atom. The molecule has 16 heavy (non-hydrogen) atoms. The van der Waals surface area contributed by atoms with Crippen LogP contribution in [0.3, 0.4) is 0 Å². The third-order valence-electron chi connectivity index (χ3n) is 2.55. The van der Waals surface area contributed by atoms with E-state index < -0.39 is 0 Å². The second-order valence-electron chi connectivity index (χ2n) is 3.68. The van der Waals surface area contributed by atoms with Crippen LogP contribution in [0.5, 0.6) is 0 Å². The summed E-state index contributed by atoms with van der Waals surface area (Å²) in [5, 5.41) is 6.71. The molecule has 0 radical (unpaired) electrons. The quantitative estimate of drug-likeness (QED) is 0.861. The van der Waals surface area contributed by atoms with Gasteiger partial charge in [-0.1, -0.05) is 0 Å². The Morgan fingerprint density at radius 3 is 2.19 bits per heavy atom. The van der Waals surface area contributed by atoms with Crippen molar-refractivity contribution in [1.82, 2.24) is 5.32 Å². The van der Waals surface area contributed by atoms with Crippen LogP contribution < -0.4 is 10.6 Å². The first-order valence-corrected chi connectivity index (χ1v) is 5.07. The molecule has 1 aromatic carbocycles. The number of benzene rings is 1. The average molecular weight is 267 g/mol. The number of hydrogen-bond acceptors (Lipinski definition) is 2. The Hall–Kier alpha value is -0.510. The van der Waals surface area contributed by atoms with E-state index in [1.54, 1.807) is 12.1 Å². The number of hydrogen-bond donors (Lipinski definition) is 2. The van der Waals surface area contributed by atoms with Crippen molar-refractivity contribution in [1.29, 1.82) is 0 Å². The van der Waals surface area contributed by atoms with E-state index in [9.17, 15) is 4.39 Å². The molecule has 2 rings (SSSR count). The molecule has 92 valence electrons. The van der Waals surface area contributed by atoms with E-state index in [1.165, 1.54) is 12.1 Å². The normalized spacial score (nSPS) is 15.8. The molecule has 1 saturated heterocycles. The molecule has 1 aliphatic rings. The van der Waals surface area contributed by atoms with Gasteiger partial charge in [0.1, 0.15) is 5.82 Å². The lowest BCUT2D eigenvalue weighted by Crippen LogP contribution is -2.35. The van der Waals surface area contributed by atoms with Gasteiger partial charge in [-0.25, -0.2) is 4.39 Å². The van der Waals surface area contributed by atoms with Gasteiger partial charge < -0.3 is 10.6 Å². The zero-order chi connectivity index (χ0) is 9.80. The van der Waals surface area contributed by atoms with Gasteiger partial charge in [0.2, 0.25) is 0 Å². The summed E-state index contributed by atoms with van der Waals surface area (Å²) in [5.41, 5.74) is 1.01. The standard InChI is InChI=1S/C11H15FN2.2ClH/c12-9-1-3-10(4-2-9)14-11-5-7-13-8-6-11;;/h1-4,11,13-14H,5-8H2;2*1H. The highest BCUT2D eigenvalue weighted by Crippen LogP contribution is 2.13. The highest BCUT2D eigenvalue weighted by molar-refractivity contribution is 5.85. The van der Waals surface area contributed by atoms with Gasteiger partial charge in [-0.2, -0.15) is 0 Å². The lowest BCUT2D eigenvalue weighted by Gasteiger charge is -2.24. The fourth-order valence-electron chi connectivity index (χ4n) is 1.75. The Labute approximate surface area is 108 Å². The van der Waals surface area contributed by atoms with Gasteiger partial charge in [0.25, 0.3) is 0 Å². The van der Waals surface area contributed by atoms with Crippen molar-refractivity contribution < 1.29 is 4.39 Å². The monoisotopic (exact) mass is 266 g/mol. The van der Waals surface area contributed by atoms with Crippen molar-refractivity contribution in [2.24, 2.45) is 0 Å². The first-order valence-electron chi connectivity index (χ1n) is 5.07. The largest absolute Gasteiger partial charge is 0.382 e. The van der Waals surface area contributed by atoms with Crippen LogP contribution in [-0.4, -0.2) is 19.1 Å². The summed E-state index contributed by atoms with van der Waals surface area (Å²) in [6.45, 7) is 2.14. The van der Waals surface area contributed by atoms with Crippen molar-refractivity contribution in [2.45, 2.75) is 18.9 Å². The molecule has 1 fully saturated rings. The van der Waals surface area contributed by atoms with Gasteiger partial charge in [-0.3, -0.25) is 0 Å². The molecule has 0 saturated carbocycles. The summed E-state index contributed by atoms with van der Waals surface area (Å²) in [4.78, 5) is 0. The zero-order valence-electron chi connectivity index (χ0n) is 8.91. The molecular weight excluding hydrogens is 250 g/mol. The van der Waals surface area contributed by atoms with Crippen LogP contribution in [0, 0.1) is 5.82 Å². The predicted octanol–water partition coefficient (Wildman–Crippen LogP) is 2.83. The lowest BCUT2D eigenvalue weighted by molar-refractivity contribution is 0.479. The molecule has 0 aromatic heterocycles. The second-order valence-corrected chi connectivity index (χ2v) is 3.68. The van der Waals surface area contributed by atoms with Crippen LogP contribution in [0.25, 0.3) is 0 Å². The van der Waals surface area contributed by atoms with Crippen LogP contribution in [0.4, 0.5) is 10.1 Å². The first kappa shape index (κ1) is 15.5. The topological polar surface area (TPSA) is 24.1 Å². The molecule has 1 aromatic rings. The zero-order valence-corrected chi connectivity index (χ0v) is 10.5. The average Bonchev–Trinajstić information content (AvgIpc) is 2.23. The maximum atomic E-state index is 12.6. The van der Waals surface area contributed by atoms with Crippen molar-refractivity contribution in [3.8, 4) is 0 Å². The van der Waals surface area contributed by atoms with Gasteiger partial charge in [-0.05, 0) is 50.2 Å². The minimum absolute atomic E-state index is 0. The number of piperidine rings is 1. The highest BCUT2D eigenvalue weighted by Gasteiger charge is 2.11. The van der Waals surface area contributed by atoms with Crippen molar-refractivity contribution in [2.75, 3.05) is 18.4 Å². The summed E-state index contributed by atoms with van der Waals surface area (Å²) in [5.74, 6) is -0.180. The van der Waals surface area contributed by atoms with Crippen LogP contribution in [0.1, 0.15) is 12.8 Å². The minimum Gasteiger partial charge on any atom is -0.382 e. The van der Waals surface area contributed by atoms with E-state index in [2.05, 4.69) is 10.6 Å². The fraction of sp³-hybridized carbons (Fsp3) is 0.455. The van der Waals surface area contributed by atoms with Crippen LogP contribution in [0.15, 0.2) is 24.3 Å². The van der Waals surface area contributed by atoms with Crippen molar-refractivity contribution in [3.63, 3.8) is 0 Å². The van der Waals surface area contributed by atoms with Crippen molar-refractivity contribution >= 4 is 30.5 Å². The van der Waals surface area contributed by atoms with Gasteiger partial charge in [0.15, 0.2) is 0 Å². The number of rotatable bonds is 2. The number of anilines is 1. The molecule has 0 amide bonds. The Morgan fingerprint density at radius 2 is 1.62 bits per heavy atom. The van der Waals surface area contributed by atoms with Gasteiger partial charge >= 0.3 is 0 Å². The molecule has 1 heterocycles. The predicted molar refractivity (Wildman–Crippen MR) is 70.4 cm³/mol. The molecule has 0 atom stereocenters. The Bertz CT molecular complexity index is 287. The highest BCUT2D eigenvalue weighted by atomic mass is 35.5. The molecule has 0 spiro atoms. The lowest BCUT2D eigenvalue weighted by atomic mass is 10.1. The maximum absolute atomic E-state index is 12.6. The smallest absolute Gasteiger partial charge is 0.123 e. The Kier molecular flexibility index (Phi) is 7.47. The van der Waals surface area contributed by atoms with E-state index in [4.69, 9.17) is 0 Å². The van der Waals surface area contributed by atoms with E-state index in [1.807, 2.05) is 0 Å². The summed E-state index contributed by atoms with van der Waals surface area (Å²) in [6.07, 6.45) is 2.27. The molecule has 0 unspecified atom stereocenters. The fourth-order valence-corrected chi connectivity index (χ4v) is 1.75. The molecular formula is C11H17Cl2FN2. The van der Waals surface area contributed by atoms with Crippen molar-refractivity contribution in [3.05, 3.63) is 30.1 Å². The van der Waals surface area contributed by atoms with E-state index in [0.29, 0.717) is 6.04 Å². The van der Waals surface area contributed by atoms with E-state index in [-0.39, 0.29) is 30.6 Å². The third kappa shape index (κ3) is 4.56. The third-order valence-corrected chi connectivity index (χ3v) is 2.55. The summed E-state index contributed by atoms with van der Waals surface area (Å²) >= 11 is 0. The van der Waals surface area contributed by atoms with Crippen LogP contribution in [0.2, 0.25) is 0 Å². The van der Waals surface area contributed by atoms with Gasteiger partial charge in [0, 0.05) is 11.7 Å². The van der Waals surface area contributed by atoms with Crippen LogP contribution in [-0.2, 0) is 0 Å². The molecule has 2 nitrogen and oxygen atoms in total. The summed E-state index contributed by atoms with van der Waals surface area (Å²) in [7, 11) is 0. The first-order chi connectivity index (χ1) is 6.84. The summed E-state index contributed by atoms with van der Waals surface area (Å²) < 4.78 is 12.6. The number of nitrogens with one attached hydrogen (secondary N) is 2. The van der Waals surface area contributed by atoms with E-state index >= 15 is 0 Å². The second kappa shape index (κ2) is 7.71.